The highest BCUT2D eigenvalue weighted by molar-refractivity contribution is 9.10. The number of aromatic nitrogens is 4. The zero-order valence-electron chi connectivity index (χ0n) is 10.9. The van der Waals surface area contributed by atoms with E-state index >= 15 is 0 Å². The minimum absolute atomic E-state index is 0.580. The van der Waals surface area contributed by atoms with Crippen molar-refractivity contribution in [1.29, 1.82) is 0 Å². The van der Waals surface area contributed by atoms with Crippen LogP contribution in [0.25, 0.3) is 11.4 Å². The Hall–Kier alpha value is -1.47. The quantitative estimate of drug-likeness (QED) is 0.672. The third kappa shape index (κ3) is 3.10. The standard InChI is InChI=1S/C12H16BrN5O/c1-3-19-5-4-18-12(15-16-17-18)10-6-9(13)7-11(14)8(10)2/h6-7H,3-5,14H2,1-2H3. The van der Waals surface area contributed by atoms with Crippen LogP contribution in [0.4, 0.5) is 5.69 Å². The molecule has 1 aromatic heterocycles. The van der Waals surface area contributed by atoms with Gasteiger partial charge in [-0.1, -0.05) is 15.9 Å². The van der Waals surface area contributed by atoms with Gasteiger partial charge in [0.1, 0.15) is 0 Å². The van der Waals surface area contributed by atoms with Gasteiger partial charge in [-0.3, -0.25) is 0 Å². The van der Waals surface area contributed by atoms with Crippen LogP contribution in [0.5, 0.6) is 0 Å². The first-order chi connectivity index (χ1) is 9.13. The number of anilines is 1. The lowest BCUT2D eigenvalue weighted by Crippen LogP contribution is -2.09. The average molecular weight is 326 g/mol. The number of rotatable bonds is 5. The van der Waals surface area contributed by atoms with Crippen molar-refractivity contribution in [2.24, 2.45) is 0 Å². The zero-order chi connectivity index (χ0) is 13.8. The summed E-state index contributed by atoms with van der Waals surface area (Å²) in [6.07, 6.45) is 0. The van der Waals surface area contributed by atoms with Gasteiger partial charge in [-0.25, -0.2) is 4.68 Å². The van der Waals surface area contributed by atoms with Gasteiger partial charge < -0.3 is 10.5 Å². The highest BCUT2D eigenvalue weighted by Crippen LogP contribution is 2.29. The van der Waals surface area contributed by atoms with Gasteiger partial charge in [0.15, 0.2) is 5.82 Å². The number of hydrogen-bond acceptors (Lipinski definition) is 5. The molecule has 0 aliphatic heterocycles. The molecule has 0 unspecified atom stereocenters. The molecule has 0 atom stereocenters. The fourth-order valence-corrected chi connectivity index (χ4v) is 2.25. The summed E-state index contributed by atoms with van der Waals surface area (Å²) in [6.45, 7) is 5.79. The molecule has 1 aromatic carbocycles. The second-order valence-corrected chi connectivity index (χ2v) is 5.01. The molecular formula is C12H16BrN5O. The molecule has 1 heterocycles. The molecule has 0 spiro atoms. The van der Waals surface area contributed by atoms with E-state index in [9.17, 15) is 0 Å². The van der Waals surface area contributed by atoms with Crippen LogP contribution in [0.3, 0.4) is 0 Å². The number of nitrogens with zero attached hydrogens (tertiary/aromatic N) is 4. The van der Waals surface area contributed by atoms with Crippen LogP contribution in [0.2, 0.25) is 0 Å². The van der Waals surface area contributed by atoms with Gasteiger partial charge >= 0.3 is 0 Å². The molecular weight excluding hydrogens is 310 g/mol. The van der Waals surface area contributed by atoms with E-state index in [2.05, 4.69) is 31.5 Å². The van der Waals surface area contributed by atoms with Crippen molar-refractivity contribution in [3.63, 3.8) is 0 Å². The highest BCUT2D eigenvalue weighted by Gasteiger charge is 2.13. The maximum Gasteiger partial charge on any atom is 0.182 e. The molecule has 2 rings (SSSR count). The summed E-state index contributed by atoms with van der Waals surface area (Å²) < 4.78 is 7.96. The first-order valence-electron chi connectivity index (χ1n) is 6.03. The van der Waals surface area contributed by atoms with Crippen molar-refractivity contribution in [3.8, 4) is 11.4 Å². The maximum absolute atomic E-state index is 5.97. The summed E-state index contributed by atoms with van der Waals surface area (Å²) in [5.74, 6) is 0.699. The third-order valence-electron chi connectivity index (χ3n) is 2.84. The normalized spacial score (nSPS) is 10.9. The number of benzene rings is 1. The number of halogens is 1. The fourth-order valence-electron chi connectivity index (χ4n) is 1.78. The van der Waals surface area contributed by atoms with Crippen molar-refractivity contribution in [1.82, 2.24) is 20.2 Å². The topological polar surface area (TPSA) is 78.8 Å². The van der Waals surface area contributed by atoms with E-state index in [0.29, 0.717) is 31.3 Å². The summed E-state index contributed by atoms with van der Waals surface area (Å²) in [7, 11) is 0. The van der Waals surface area contributed by atoms with Crippen molar-refractivity contribution >= 4 is 21.6 Å². The van der Waals surface area contributed by atoms with E-state index < -0.39 is 0 Å². The van der Waals surface area contributed by atoms with Gasteiger partial charge in [-0.05, 0) is 42.0 Å². The van der Waals surface area contributed by atoms with Gasteiger partial charge in [0.2, 0.25) is 0 Å². The van der Waals surface area contributed by atoms with E-state index in [0.717, 1.165) is 15.6 Å². The lowest BCUT2D eigenvalue weighted by atomic mass is 10.1. The van der Waals surface area contributed by atoms with E-state index in [4.69, 9.17) is 10.5 Å². The fraction of sp³-hybridized carbons (Fsp3) is 0.417. The Bertz CT molecular complexity index is 569. The lowest BCUT2D eigenvalue weighted by Gasteiger charge is -2.10. The molecule has 6 nitrogen and oxygen atoms in total. The summed E-state index contributed by atoms with van der Waals surface area (Å²) in [5.41, 5.74) is 8.57. The zero-order valence-corrected chi connectivity index (χ0v) is 12.5. The summed E-state index contributed by atoms with van der Waals surface area (Å²) in [6, 6.07) is 3.84. The molecule has 0 saturated carbocycles. The summed E-state index contributed by atoms with van der Waals surface area (Å²) >= 11 is 3.44. The number of tetrazole rings is 1. The van der Waals surface area contributed by atoms with E-state index in [1.165, 1.54) is 0 Å². The Morgan fingerprint density at radius 2 is 2.21 bits per heavy atom. The Balaban J connectivity index is 2.34. The monoisotopic (exact) mass is 325 g/mol. The smallest absolute Gasteiger partial charge is 0.182 e. The van der Waals surface area contributed by atoms with E-state index in [-0.39, 0.29) is 0 Å². The summed E-state index contributed by atoms with van der Waals surface area (Å²) in [4.78, 5) is 0. The Morgan fingerprint density at radius 1 is 1.42 bits per heavy atom. The van der Waals surface area contributed by atoms with Gasteiger partial charge in [0.05, 0.1) is 13.2 Å². The van der Waals surface area contributed by atoms with Crippen molar-refractivity contribution in [2.75, 3.05) is 18.9 Å². The van der Waals surface area contributed by atoms with Crippen molar-refractivity contribution in [3.05, 3.63) is 22.2 Å². The molecule has 2 N–H and O–H groups in total. The molecule has 0 fully saturated rings. The second-order valence-electron chi connectivity index (χ2n) is 4.09. The lowest BCUT2D eigenvalue weighted by molar-refractivity contribution is 0.136. The number of hydrogen-bond donors (Lipinski definition) is 1. The third-order valence-corrected chi connectivity index (χ3v) is 3.29. The molecule has 0 radical (unpaired) electrons. The van der Waals surface area contributed by atoms with Crippen molar-refractivity contribution in [2.45, 2.75) is 20.4 Å². The second kappa shape index (κ2) is 6.12. The van der Waals surface area contributed by atoms with E-state index in [1.54, 1.807) is 4.68 Å². The molecule has 0 aliphatic carbocycles. The average Bonchev–Trinajstić information content (AvgIpc) is 2.82. The highest BCUT2D eigenvalue weighted by atomic mass is 79.9. The molecule has 7 heteroatoms. The molecule has 0 aliphatic rings. The van der Waals surface area contributed by atoms with Gasteiger partial charge in [-0.15, -0.1) is 5.10 Å². The molecule has 0 bridgehead atoms. The molecule has 102 valence electrons. The molecule has 19 heavy (non-hydrogen) atoms. The van der Waals surface area contributed by atoms with Gasteiger partial charge in [0.25, 0.3) is 0 Å². The largest absolute Gasteiger partial charge is 0.398 e. The first kappa shape index (κ1) is 14.0. The minimum atomic E-state index is 0.580. The Labute approximate surface area is 120 Å². The van der Waals surface area contributed by atoms with E-state index in [1.807, 2.05) is 26.0 Å². The Kier molecular flexibility index (Phi) is 4.49. The van der Waals surface area contributed by atoms with Crippen molar-refractivity contribution < 1.29 is 4.74 Å². The number of nitrogens with two attached hydrogens (primary N) is 1. The number of ether oxygens (including phenoxy) is 1. The van der Waals surface area contributed by atoms with Crippen LogP contribution in [-0.4, -0.2) is 33.4 Å². The Morgan fingerprint density at radius 3 is 2.95 bits per heavy atom. The van der Waals surface area contributed by atoms with Crippen LogP contribution in [0.15, 0.2) is 16.6 Å². The summed E-state index contributed by atoms with van der Waals surface area (Å²) in [5, 5.41) is 11.8. The van der Waals surface area contributed by atoms with Crippen LogP contribution >= 0.6 is 15.9 Å². The maximum atomic E-state index is 5.97. The van der Waals surface area contributed by atoms with Gasteiger partial charge in [-0.2, -0.15) is 0 Å². The van der Waals surface area contributed by atoms with Crippen LogP contribution in [-0.2, 0) is 11.3 Å². The predicted molar refractivity (Wildman–Crippen MR) is 76.6 cm³/mol. The first-order valence-corrected chi connectivity index (χ1v) is 6.82. The van der Waals surface area contributed by atoms with Crippen LogP contribution in [0, 0.1) is 6.92 Å². The minimum Gasteiger partial charge on any atom is -0.398 e. The van der Waals surface area contributed by atoms with Crippen LogP contribution < -0.4 is 5.73 Å². The SMILES string of the molecule is CCOCCn1nnnc1-c1cc(Br)cc(N)c1C. The molecule has 0 saturated heterocycles. The van der Waals surface area contributed by atoms with Crippen LogP contribution in [0.1, 0.15) is 12.5 Å². The molecule has 2 aromatic rings. The molecule has 0 amide bonds. The predicted octanol–water partition coefficient (Wildman–Crippen LogP) is 2.03. The number of nitrogen functional groups attached to an aromatic ring is 1. The van der Waals surface area contributed by atoms with Gasteiger partial charge in [0, 0.05) is 22.3 Å².